The van der Waals surface area contributed by atoms with Crippen LogP contribution in [0.3, 0.4) is 0 Å². The monoisotopic (exact) mass is 205 g/mol. The molecule has 15 heavy (non-hydrogen) atoms. The van der Waals surface area contributed by atoms with Crippen molar-refractivity contribution in [1.29, 1.82) is 0 Å². The third-order valence-electron chi connectivity index (χ3n) is 2.09. The molecule has 0 radical (unpaired) electrons. The third-order valence-corrected chi connectivity index (χ3v) is 2.09. The number of aromatic amines is 1. The first kappa shape index (κ1) is 9.51. The smallest absolute Gasteiger partial charge is 0.337 e. The number of para-hydroxylation sites is 1. The predicted octanol–water partition coefficient (Wildman–Crippen LogP) is 1.69. The number of carboxylic acids is 1. The van der Waals surface area contributed by atoms with Gasteiger partial charge in [0.15, 0.2) is 0 Å². The van der Waals surface area contributed by atoms with Crippen LogP contribution in [0.25, 0.3) is 11.0 Å². The molecule has 1 aromatic carbocycles. The molecule has 0 unspecified atom stereocenters. The van der Waals surface area contributed by atoms with Gasteiger partial charge in [-0.25, -0.2) is 9.78 Å². The molecule has 1 heterocycles. The Morgan fingerprint density at radius 2 is 2.40 bits per heavy atom. The average Bonchev–Trinajstić information content (AvgIpc) is 2.59. The standard InChI is InChI=1S/C10H11N3O2/c1-2-11-10-12-7-5-3-4-6(9(14)15)8(7)13-10/h3-5H,2H2,1H3,(H,14,15)(H2,11,12,13). The number of hydrogen-bond acceptors (Lipinski definition) is 3. The molecule has 3 N–H and O–H groups in total. The number of aromatic carboxylic acids is 1. The van der Waals surface area contributed by atoms with Gasteiger partial charge < -0.3 is 15.4 Å². The van der Waals surface area contributed by atoms with Gasteiger partial charge in [0.05, 0.1) is 11.1 Å². The van der Waals surface area contributed by atoms with Gasteiger partial charge in [-0.05, 0) is 19.1 Å². The average molecular weight is 205 g/mol. The number of nitrogens with one attached hydrogen (secondary N) is 2. The molecule has 0 aliphatic rings. The molecule has 0 aliphatic carbocycles. The number of anilines is 1. The summed E-state index contributed by atoms with van der Waals surface area (Å²) in [6.07, 6.45) is 0. The second-order valence-corrected chi connectivity index (χ2v) is 3.12. The molecule has 1 aromatic heterocycles. The highest BCUT2D eigenvalue weighted by Gasteiger charge is 2.11. The lowest BCUT2D eigenvalue weighted by Crippen LogP contribution is -1.98. The number of aromatic nitrogens is 2. The predicted molar refractivity (Wildman–Crippen MR) is 57.2 cm³/mol. The Hall–Kier alpha value is -2.04. The molecule has 0 spiro atoms. The van der Waals surface area contributed by atoms with Gasteiger partial charge in [0.2, 0.25) is 5.95 Å². The van der Waals surface area contributed by atoms with Crippen LogP contribution in [0.15, 0.2) is 18.2 Å². The van der Waals surface area contributed by atoms with E-state index in [0.717, 1.165) is 12.1 Å². The molecule has 2 aromatic rings. The van der Waals surface area contributed by atoms with Gasteiger partial charge in [0.1, 0.15) is 5.52 Å². The summed E-state index contributed by atoms with van der Waals surface area (Å²) in [5, 5.41) is 12.0. The Balaban J connectivity index is 2.59. The van der Waals surface area contributed by atoms with E-state index in [1.807, 2.05) is 6.92 Å². The van der Waals surface area contributed by atoms with Crippen molar-refractivity contribution in [3.63, 3.8) is 0 Å². The summed E-state index contributed by atoms with van der Waals surface area (Å²) < 4.78 is 0. The summed E-state index contributed by atoms with van der Waals surface area (Å²) >= 11 is 0. The number of benzene rings is 1. The topological polar surface area (TPSA) is 78.0 Å². The lowest BCUT2D eigenvalue weighted by molar-refractivity contribution is 0.0699. The molecule has 5 nitrogen and oxygen atoms in total. The molecule has 0 amide bonds. The number of imidazole rings is 1. The zero-order chi connectivity index (χ0) is 10.8. The molecular weight excluding hydrogens is 194 g/mol. The highest BCUT2D eigenvalue weighted by atomic mass is 16.4. The molecule has 0 saturated carbocycles. The molecule has 5 heteroatoms. The van der Waals surface area contributed by atoms with Crippen LogP contribution in [0.4, 0.5) is 5.95 Å². The quantitative estimate of drug-likeness (QED) is 0.712. The summed E-state index contributed by atoms with van der Waals surface area (Å²) in [7, 11) is 0. The Morgan fingerprint density at radius 3 is 3.07 bits per heavy atom. The summed E-state index contributed by atoms with van der Waals surface area (Å²) in [6.45, 7) is 2.69. The number of H-pyrrole nitrogens is 1. The van der Waals surface area contributed by atoms with Crippen LogP contribution in [-0.2, 0) is 0 Å². The lowest BCUT2D eigenvalue weighted by atomic mass is 10.2. The van der Waals surface area contributed by atoms with E-state index in [-0.39, 0.29) is 5.56 Å². The minimum atomic E-state index is -0.963. The first-order chi connectivity index (χ1) is 7.22. The zero-order valence-corrected chi connectivity index (χ0v) is 8.24. The van der Waals surface area contributed by atoms with Crippen LogP contribution in [0, 0.1) is 0 Å². The van der Waals surface area contributed by atoms with Gasteiger partial charge in [-0.2, -0.15) is 0 Å². The van der Waals surface area contributed by atoms with Crippen LogP contribution in [0.2, 0.25) is 0 Å². The molecule has 0 atom stereocenters. The highest BCUT2D eigenvalue weighted by molar-refractivity contribution is 6.01. The van der Waals surface area contributed by atoms with Crippen LogP contribution < -0.4 is 5.32 Å². The zero-order valence-electron chi connectivity index (χ0n) is 8.24. The van der Waals surface area contributed by atoms with E-state index in [4.69, 9.17) is 5.11 Å². The first-order valence-corrected chi connectivity index (χ1v) is 4.68. The molecular formula is C10H11N3O2. The van der Waals surface area contributed by atoms with Crippen LogP contribution >= 0.6 is 0 Å². The Kier molecular flexibility index (Phi) is 2.29. The number of fused-ring (bicyclic) bond motifs is 1. The molecule has 0 bridgehead atoms. The van der Waals surface area contributed by atoms with E-state index in [0.29, 0.717) is 11.5 Å². The number of hydrogen-bond donors (Lipinski definition) is 3. The number of nitrogens with zero attached hydrogens (tertiary/aromatic N) is 1. The van der Waals surface area contributed by atoms with Gasteiger partial charge in [0.25, 0.3) is 0 Å². The largest absolute Gasteiger partial charge is 0.478 e. The van der Waals surface area contributed by atoms with Crippen molar-refractivity contribution < 1.29 is 9.90 Å². The van der Waals surface area contributed by atoms with Crippen molar-refractivity contribution >= 4 is 23.0 Å². The van der Waals surface area contributed by atoms with E-state index in [1.165, 1.54) is 0 Å². The molecule has 0 aliphatic heterocycles. The Morgan fingerprint density at radius 1 is 1.60 bits per heavy atom. The third kappa shape index (κ3) is 1.63. The van der Waals surface area contributed by atoms with E-state index >= 15 is 0 Å². The fourth-order valence-electron chi connectivity index (χ4n) is 1.46. The van der Waals surface area contributed by atoms with E-state index in [9.17, 15) is 4.79 Å². The highest BCUT2D eigenvalue weighted by Crippen LogP contribution is 2.18. The first-order valence-electron chi connectivity index (χ1n) is 4.68. The van der Waals surface area contributed by atoms with Crippen molar-refractivity contribution in [3.8, 4) is 0 Å². The number of carboxylic acid groups (broad SMARTS) is 1. The molecule has 78 valence electrons. The molecule has 0 fully saturated rings. The van der Waals surface area contributed by atoms with Crippen molar-refractivity contribution in [2.24, 2.45) is 0 Å². The maximum atomic E-state index is 10.9. The maximum absolute atomic E-state index is 10.9. The number of carbonyl (C=O) groups is 1. The van der Waals surface area contributed by atoms with Crippen molar-refractivity contribution in [3.05, 3.63) is 23.8 Å². The SMILES string of the molecule is CCNc1nc2c(C(=O)O)cccc2[nH]1. The molecule has 0 saturated heterocycles. The van der Waals surface area contributed by atoms with Crippen LogP contribution in [0.5, 0.6) is 0 Å². The van der Waals surface area contributed by atoms with Crippen LogP contribution in [0.1, 0.15) is 17.3 Å². The minimum Gasteiger partial charge on any atom is -0.478 e. The van der Waals surface area contributed by atoms with Crippen molar-refractivity contribution in [2.75, 3.05) is 11.9 Å². The van der Waals surface area contributed by atoms with E-state index < -0.39 is 5.97 Å². The van der Waals surface area contributed by atoms with Gasteiger partial charge in [-0.3, -0.25) is 0 Å². The summed E-state index contributed by atoms with van der Waals surface area (Å²) in [5.74, 6) is -0.364. The second kappa shape index (κ2) is 3.61. The Labute approximate surface area is 86.1 Å². The summed E-state index contributed by atoms with van der Waals surface area (Å²) in [5.41, 5.74) is 1.43. The van der Waals surface area contributed by atoms with Crippen molar-refractivity contribution in [1.82, 2.24) is 9.97 Å². The van der Waals surface area contributed by atoms with Crippen LogP contribution in [-0.4, -0.2) is 27.6 Å². The summed E-state index contributed by atoms with van der Waals surface area (Å²) in [6, 6.07) is 5.04. The van der Waals surface area contributed by atoms with Gasteiger partial charge in [-0.15, -0.1) is 0 Å². The van der Waals surface area contributed by atoms with E-state index in [1.54, 1.807) is 18.2 Å². The fourth-order valence-corrected chi connectivity index (χ4v) is 1.46. The van der Waals surface area contributed by atoms with Gasteiger partial charge in [0, 0.05) is 6.54 Å². The lowest BCUT2D eigenvalue weighted by Gasteiger charge is -1.93. The number of rotatable bonds is 3. The normalized spacial score (nSPS) is 10.5. The van der Waals surface area contributed by atoms with Gasteiger partial charge in [-0.1, -0.05) is 6.07 Å². The Bertz CT molecular complexity index is 504. The van der Waals surface area contributed by atoms with Gasteiger partial charge >= 0.3 is 5.97 Å². The van der Waals surface area contributed by atoms with Crippen molar-refractivity contribution in [2.45, 2.75) is 6.92 Å². The second-order valence-electron chi connectivity index (χ2n) is 3.12. The van der Waals surface area contributed by atoms with E-state index in [2.05, 4.69) is 15.3 Å². The fraction of sp³-hybridized carbons (Fsp3) is 0.200. The molecule has 2 rings (SSSR count). The summed E-state index contributed by atoms with van der Waals surface area (Å²) in [4.78, 5) is 18.1. The minimum absolute atomic E-state index is 0.216. The maximum Gasteiger partial charge on any atom is 0.337 e.